The van der Waals surface area contributed by atoms with E-state index in [-0.39, 0.29) is 5.82 Å². The molecule has 0 fully saturated rings. The van der Waals surface area contributed by atoms with Crippen LogP contribution < -0.4 is 4.90 Å². The second-order valence-corrected chi connectivity index (χ2v) is 4.71. The molecule has 0 aliphatic rings. The Bertz CT molecular complexity index is 357. The van der Waals surface area contributed by atoms with E-state index in [0.717, 1.165) is 12.2 Å². The van der Waals surface area contributed by atoms with Gasteiger partial charge in [-0.3, -0.25) is 0 Å². The van der Waals surface area contributed by atoms with Crippen LogP contribution in [0, 0.1) is 5.82 Å². The SMILES string of the molecule is COCCN(c1cccc(F)c1CBr)C(C)C. The number of hydrogen-bond acceptors (Lipinski definition) is 2. The quantitative estimate of drug-likeness (QED) is 0.745. The number of anilines is 1. The van der Waals surface area contributed by atoms with Crippen molar-refractivity contribution in [3.63, 3.8) is 0 Å². The van der Waals surface area contributed by atoms with E-state index in [9.17, 15) is 4.39 Å². The Hall–Kier alpha value is -0.610. The van der Waals surface area contributed by atoms with E-state index in [4.69, 9.17) is 4.74 Å². The molecule has 0 saturated carbocycles. The highest BCUT2D eigenvalue weighted by Crippen LogP contribution is 2.26. The summed E-state index contributed by atoms with van der Waals surface area (Å²) in [5, 5.41) is 0.519. The highest BCUT2D eigenvalue weighted by molar-refractivity contribution is 9.08. The largest absolute Gasteiger partial charge is 0.383 e. The molecule has 1 aromatic carbocycles. The topological polar surface area (TPSA) is 12.5 Å². The van der Waals surface area contributed by atoms with Crippen LogP contribution in [0.1, 0.15) is 19.4 Å². The molecule has 0 heterocycles. The molecule has 0 amide bonds. The highest BCUT2D eigenvalue weighted by atomic mass is 79.9. The number of rotatable bonds is 6. The summed E-state index contributed by atoms with van der Waals surface area (Å²) in [5.74, 6) is -0.164. The summed E-state index contributed by atoms with van der Waals surface area (Å²) in [6, 6.07) is 5.51. The summed E-state index contributed by atoms with van der Waals surface area (Å²) in [5.41, 5.74) is 1.64. The summed E-state index contributed by atoms with van der Waals surface area (Å²) < 4.78 is 18.8. The molecule has 0 unspecified atom stereocenters. The minimum Gasteiger partial charge on any atom is -0.383 e. The van der Waals surface area contributed by atoms with Gasteiger partial charge in [-0.25, -0.2) is 4.39 Å². The number of methoxy groups -OCH3 is 1. The molecule has 0 saturated heterocycles. The molecule has 0 aromatic heterocycles. The lowest BCUT2D eigenvalue weighted by Gasteiger charge is -2.30. The van der Waals surface area contributed by atoms with Crippen molar-refractivity contribution in [3.05, 3.63) is 29.6 Å². The van der Waals surface area contributed by atoms with E-state index in [1.165, 1.54) is 6.07 Å². The van der Waals surface area contributed by atoms with Crippen molar-refractivity contribution in [2.75, 3.05) is 25.2 Å². The van der Waals surface area contributed by atoms with Gasteiger partial charge < -0.3 is 9.64 Å². The van der Waals surface area contributed by atoms with E-state index in [1.807, 2.05) is 6.07 Å². The van der Waals surface area contributed by atoms with Crippen LogP contribution in [0.4, 0.5) is 10.1 Å². The molecule has 0 atom stereocenters. The van der Waals surface area contributed by atoms with Gasteiger partial charge in [0, 0.05) is 36.3 Å². The van der Waals surface area contributed by atoms with Gasteiger partial charge in [-0.15, -0.1) is 0 Å². The minimum atomic E-state index is -0.164. The number of hydrogen-bond donors (Lipinski definition) is 0. The number of alkyl halides is 1. The molecule has 1 rings (SSSR count). The summed E-state index contributed by atoms with van der Waals surface area (Å²) in [4.78, 5) is 2.16. The van der Waals surface area contributed by atoms with E-state index in [2.05, 4.69) is 34.7 Å². The molecular formula is C13H19BrFNO. The van der Waals surface area contributed by atoms with Gasteiger partial charge in [0.1, 0.15) is 5.82 Å². The Balaban J connectivity index is 3.04. The summed E-state index contributed by atoms with van der Waals surface area (Å²) >= 11 is 3.35. The maximum Gasteiger partial charge on any atom is 0.129 e. The Kier molecular flexibility index (Phi) is 5.92. The van der Waals surface area contributed by atoms with E-state index in [1.54, 1.807) is 13.2 Å². The molecule has 4 heteroatoms. The Morgan fingerprint density at radius 1 is 1.41 bits per heavy atom. The third-order valence-corrected chi connectivity index (χ3v) is 3.26. The lowest BCUT2D eigenvalue weighted by Crippen LogP contribution is -2.34. The van der Waals surface area contributed by atoms with Crippen molar-refractivity contribution in [1.29, 1.82) is 0 Å². The van der Waals surface area contributed by atoms with Gasteiger partial charge in [0.15, 0.2) is 0 Å². The van der Waals surface area contributed by atoms with Gasteiger partial charge in [0.05, 0.1) is 6.61 Å². The highest BCUT2D eigenvalue weighted by Gasteiger charge is 2.16. The fourth-order valence-corrected chi connectivity index (χ4v) is 2.35. The third kappa shape index (κ3) is 3.68. The van der Waals surface area contributed by atoms with Crippen LogP contribution in [0.25, 0.3) is 0 Å². The molecule has 0 bridgehead atoms. The molecule has 2 nitrogen and oxygen atoms in total. The zero-order valence-electron chi connectivity index (χ0n) is 10.5. The molecule has 96 valence electrons. The second kappa shape index (κ2) is 6.97. The van der Waals surface area contributed by atoms with Gasteiger partial charge in [0.25, 0.3) is 0 Å². The molecule has 0 N–H and O–H groups in total. The first-order valence-electron chi connectivity index (χ1n) is 5.70. The first-order chi connectivity index (χ1) is 8.11. The average Bonchev–Trinajstić information content (AvgIpc) is 2.29. The summed E-state index contributed by atoms with van der Waals surface area (Å²) in [6.07, 6.45) is 0. The number of nitrogens with zero attached hydrogens (tertiary/aromatic N) is 1. The van der Waals surface area contributed by atoms with Crippen molar-refractivity contribution in [3.8, 4) is 0 Å². The van der Waals surface area contributed by atoms with Gasteiger partial charge in [-0.05, 0) is 26.0 Å². The van der Waals surface area contributed by atoms with Crippen LogP contribution >= 0.6 is 15.9 Å². The van der Waals surface area contributed by atoms with Crippen LogP contribution in [0.5, 0.6) is 0 Å². The fourth-order valence-electron chi connectivity index (χ4n) is 1.80. The second-order valence-electron chi connectivity index (χ2n) is 4.15. The van der Waals surface area contributed by atoms with Crippen LogP contribution in [-0.2, 0) is 10.1 Å². The average molecular weight is 304 g/mol. The molecule has 0 spiro atoms. The molecule has 0 radical (unpaired) electrons. The predicted octanol–water partition coefficient (Wildman–Crippen LogP) is 3.58. The van der Waals surface area contributed by atoms with E-state index in [0.29, 0.717) is 23.5 Å². The van der Waals surface area contributed by atoms with E-state index >= 15 is 0 Å². The zero-order chi connectivity index (χ0) is 12.8. The normalized spacial score (nSPS) is 10.9. The van der Waals surface area contributed by atoms with E-state index < -0.39 is 0 Å². The predicted molar refractivity (Wildman–Crippen MR) is 73.4 cm³/mol. The monoisotopic (exact) mass is 303 g/mol. The van der Waals surface area contributed by atoms with Crippen molar-refractivity contribution in [1.82, 2.24) is 0 Å². The van der Waals surface area contributed by atoms with Gasteiger partial charge in [0.2, 0.25) is 0 Å². The van der Waals surface area contributed by atoms with Crippen molar-refractivity contribution < 1.29 is 9.13 Å². The van der Waals surface area contributed by atoms with Crippen LogP contribution in [0.3, 0.4) is 0 Å². The summed E-state index contributed by atoms with van der Waals surface area (Å²) in [6.45, 7) is 5.59. The molecule has 0 aliphatic carbocycles. The lowest BCUT2D eigenvalue weighted by molar-refractivity contribution is 0.203. The minimum absolute atomic E-state index is 0.164. The van der Waals surface area contributed by atoms with Gasteiger partial charge in [-0.2, -0.15) is 0 Å². The van der Waals surface area contributed by atoms with Crippen LogP contribution in [0.2, 0.25) is 0 Å². The van der Waals surface area contributed by atoms with Gasteiger partial charge in [-0.1, -0.05) is 22.0 Å². The molecular weight excluding hydrogens is 285 g/mol. The zero-order valence-corrected chi connectivity index (χ0v) is 12.1. The Morgan fingerprint density at radius 2 is 2.12 bits per heavy atom. The molecule has 17 heavy (non-hydrogen) atoms. The standard InChI is InChI=1S/C13H19BrFNO/c1-10(2)16(7-8-17-3)13-6-4-5-12(15)11(13)9-14/h4-6,10H,7-9H2,1-3H3. The fraction of sp³-hybridized carbons (Fsp3) is 0.538. The van der Waals surface area contributed by atoms with Crippen LogP contribution in [-0.4, -0.2) is 26.3 Å². The number of benzene rings is 1. The van der Waals surface area contributed by atoms with Gasteiger partial charge >= 0.3 is 0 Å². The van der Waals surface area contributed by atoms with Crippen molar-refractivity contribution in [2.24, 2.45) is 0 Å². The van der Waals surface area contributed by atoms with Crippen LogP contribution in [0.15, 0.2) is 18.2 Å². The number of halogens is 2. The Labute approximate surface area is 111 Å². The molecule has 1 aromatic rings. The first kappa shape index (κ1) is 14.5. The third-order valence-electron chi connectivity index (χ3n) is 2.70. The maximum absolute atomic E-state index is 13.7. The van der Waals surface area contributed by atoms with Crippen molar-refractivity contribution >= 4 is 21.6 Å². The smallest absolute Gasteiger partial charge is 0.129 e. The first-order valence-corrected chi connectivity index (χ1v) is 6.82. The Morgan fingerprint density at radius 3 is 2.65 bits per heavy atom. The number of ether oxygens (including phenoxy) is 1. The summed E-state index contributed by atoms with van der Waals surface area (Å²) in [7, 11) is 1.68. The lowest BCUT2D eigenvalue weighted by atomic mass is 10.1. The maximum atomic E-state index is 13.7. The molecule has 0 aliphatic heterocycles. The van der Waals surface area contributed by atoms with Crippen molar-refractivity contribution in [2.45, 2.75) is 25.2 Å².